The van der Waals surface area contributed by atoms with Gasteiger partial charge in [0, 0.05) is 41.1 Å². The Labute approximate surface area is 219 Å². The number of aliphatic hydroxyl groups excluding tert-OH is 1. The molecule has 1 N–H and O–H groups in total. The summed E-state index contributed by atoms with van der Waals surface area (Å²) in [5, 5.41) is 11.5. The predicted molar refractivity (Wildman–Crippen MR) is 129 cm³/mol. The first-order valence-electron chi connectivity index (χ1n) is 13.2. The van der Waals surface area contributed by atoms with Crippen molar-refractivity contribution in [3.05, 3.63) is 23.6 Å². The fraction of sp³-hybridized carbons (Fsp3) is 0.714. The highest BCUT2D eigenvalue weighted by Gasteiger charge is 2.78. The number of carbonyl (C=O) groups excluding carboxylic acids is 4. The molecule has 4 aliphatic carbocycles. The molecule has 0 aromatic rings. The minimum atomic E-state index is -2.56. The number of aliphatic hydroxyl groups is 1. The lowest BCUT2D eigenvalue weighted by atomic mass is 9.44. The average Bonchev–Trinajstić information content (AvgIpc) is 3.08. The topological polar surface area (TPSA) is 107 Å². The van der Waals surface area contributed by atoms with E-state index in [4.69, 9.17) is 9.47 Å². The van der Waals surface area contributed by atoms with Crippen LogP contribution in [0.2, 0.25) is 0 Å². The monoisotopic (exact) mass is 540 g/mol. The summed E-state index contributed by atoms with van der Waals surface area (Å²) in [4.78, 5) is 50.2. The van der Waals surface area contributed by atoms with Crippen LogP contribution >= 0.6 is 0 Å². The Morgan fingerprint density at radius 1 is 1.11 bits per heavy atom. The van der Waals surface area contributed by atoms with E-state index in [-0.39, 0.29) is 25.7 Å². The van der Waals surface area contributed by atoms with Crippen LogP contribution in [-0.2, 0) is 28.7 Å². The van der Waals surface area contributed by atoms with Crippen LogP contribution in [0.4, 0.5) is 13.2 Å². The number of ether oxygens (including phenoxy) is 2. The van der Waals surface area contributed by atoms with Crippen LogP contribution in [0, 0.1) is 28.6 Å². The third kappa shape index (κ3) is 3.51. The normalized spacial score (nSPS) is 43.7. The lowest BCUT2D eigenvalue weighted by Gasteiger charge is -2.63. The molecular formula is C28H35F3O7. The van der Waals surface area contributed by atoms with Gasteiger partial charge in [-0.15, -0.1) is 0 Å². The van der Waals surface area contributed by atoms with E-state index in [0.717, 1.165) is 12.2 Å². The second-order valence-corrected chi connectivity index (χ2v) is 11.6. The summed E-state index contributed by atoms with van der Waals surface area (Å²) >= 11 is 0. The molecule has 0 amide bonds. The molecule has 0 spiro atoms. The van der Waals surface area contributed by atoms with E-state index in [1.54, 1.807) is 27.7 Å². The van der Waals surface area contributed by atoms with E-state index in [2.05, 4.69) is 0 Å². The summed E-state index contributed by atoms with van der Waals surface area (Å²) in [7, 11) is 0. The average molecular weight is 541 g/mol. The number of alkyl halides is 2. The van der Waals surface area contributed by atoms with Gasteiger partial charge in [0.05, 0.1) is 6.10 Å². The Hall–Kier alpha value is -2.49. The van der Waals surface area contributed by atoms with Gasteiger partial charge >= 0.3 is 11.9 Å². The van der Waals surface area contributed by atoms with Crippen molar-refractivity contribution in [2.24, 2.45) is 28.6 Å². The zero-order chi connectivity index (χ0) is 28.4. The van der Waals surface area contributed by atoms with Gasteiger partial charge in [-0.1, -0.05) is 33.8 Å². The molecule has 10 heteroatoms. The van der Waals surface area contributed by atoms with Gasteiger partial charge in [-0.05, 0) is 38.2 Å². The maximum Gasteiger partial charge on any atom is 0.306 e. The number of esters is 2. The molecule has 210 valence electrons. The number of hydrogen-bond donors (Lipinski definition) is 1. The molecule has 0 aromatic heterocycles. The van der Waals surface area contributed by atoms with Gasteiger partial charge in [0.1, 0.15) is 6.17 Å². The molecule has 4 rings (SSSR count). The number of allylic oxidation sites excluding steroid dienone is 4. The second-order valence-electron chi connectivity index (χ2n) is 11.6. The summed E-state index contributed by atoms with van der Waals surface area (Å²) in [6.07, 6.45) is -2.58. The smallest absolute Gasteiger partial charge is 0.306 e. The summed E-state index contributed by atoms with van der Waals surface area (Å²) in [6.45, 7) is 7.00. The maximum atomic E-state index is 17.4. The molecule has 9 atom stereocenters. The molecule has 0 unspecified atom stereocenters. The Morgan fingerprint density at radius 2 is 1.74 bits per heavy atom. The van der Waals surface area contributed by atoms with Crippen molar-refractivity contribution < 1.29 is 46.9 Å². The second kappa shape index (κ2) is 9.31. The minimum Gasteiger partial charge on any atom is -0.457 e. The number of ketones is 2. The zero-order valence-corrected chi connectivity index (χ0v) is 22.3. The standard InChI is InChI=1S/C28H35F3O7/c1-6-21(35)37-13-20(34)28(38-22(36)7-2)14(3)10-15-16-11-17(29)23-24(30)18(32)8-9-25(23,4)27(16,31)19(33)12-26(15,28)5/h8-9,14-17,19,33H,6-7,10-13H2,1-5H3/t14-,15-,16-,17-,19-,25-,26-,27-,28-/m0/s1. The molecule has 4 aliphatic rings. The van der Waals surface area contributed by atoms with Crippen LogP contribution in [0.15, 0.2) is 23.6 Å². The van der Waals surface area contributed by atoms with E-state index in [1.807, 2.05) is 0 Å². The quantitative estimate of drug-likeness (QED) is 0.507. The third-order valence-electron chi connectivity index (χ3n) is 9.88. The van der Waals surface area contributed by atoms with Gasteiger partial charge in [-0.2, -0.15) is 0 Å². The molecule has 7 nitrogen and oxygen atoms in total. The molecule has 0 aliphatic heterocycles. The van der Waals surface area contributed by atoms with Crippen molar-refractivity contribution in [2.45, 2.75) is 90.3 Å². The van der Waals surface area contributed by atoms with Crippen molar-refractivity contribution in [1.82, 2.24) is 0 Å². The van der Waals surface area contributed by atoms with E-state index in [1.165, 1.54) is 6.92 Å². The first-order valence-corrected chi connectivity index (χ1v) is 13.2. The number of rotatable bonds is 6. The van der Waals surface area contributed by atoms with Crippen molar-refractivity contribution in [1.29, 1.82) is 0 Å². The van der Waals surface area contributed by atoms with E-state index in [9.17, 15) is 28.7 Å². The van der Waals surface area contributed by atoms with Gasteiger partial charge in [-0.25, -0.2) is 13.2 Å². The number of halogens is 3. The van der Waals surface area contributed by atoms with Gasteiger partial charge < -0.3 is 14.6 Å². The van der Waals surface area contributed by atoms with Crippen LogP contribution in [0.25, 0.3) is 0 Å². The fourth-order valence-electron chi connectivity index (χ4n) is 8.09. The number of fused-ring (bicyclic) bond motifs is 5. The summed E-state index contributed by atoms with van der Waals surface area (Å²) < 4.78 is 58.9. The highest BCUT2D eigenvalue weighted by molar-refractivity contribution is 6.04. The highest BCUT2D eigenvalue weighted by atomic mass is 19.2. The van der Waals surface area contributed by atoms with Crippen LogP contribution < -0.4 is 0 Å². The largest absolute Gasteiger partial charge is 0.457 e. The Balaban J connectivity index is 1.85. The van der Waals surface area contributed by atoms with Gasteiger partial charge in [0.2, 0.25) is 11.6 Å². The van der Waals surface area contributed by atoms with Crippen LogP contribution in [0.1, 0.15) is 66.7 Å². The predicted octanol–water partition coefficient (Wildman–Crippen LogP) is 4.06. The van der Waals surface area contributed by atoms with Gasteiger partial charge in [-0.3, -0.25) is 19.2 Å². The first kappa shape index (κ1) is 28.5. The molecule has 0 heterocycles. The Kier molecular flexibility index (Phi) is 6.99. The van der Waals surface area contributed by atoms with Gasteiger partial charge in [0.15, 0.2) is 23.7 Å². The zero-order valence-electron chi connectivity index (χ0n) is 22.3. The third-order valence-corrected chi connectivity index (χ3v) is 9.88. The minimum absolute atomic E-state index is 0.0224. The van der Waals surface area contributed by atoms with Crippen LogP contribution in [-0.4, -0.2) is 58.8 Å². The number of carbonyl (C=O) groups is 4. The molecule has 0 saturated heterocycles. The number of hydrogen-bond acceptors (Lipinski definition) is 7. The van der Waals surface area contributed by atoms with E-state index >= 15 is 8.78 Å². The van der Waals surface area contributed by atoms with Crippen LogP contribution in [0.5, 0.6) is 0 Å². The van der Waals surface area contributed by atoms with E-state index in [0.29, 0.717) is 0 Å². The molecule has 3 fully saturated rings. The van der Waals surface area contributed by atoms with Gasteiger partial charge in [0.25, 0.3) is 0 Å². The lowest BCUT2D eigenvalue weighted by Crippen LogP contribution is -2.71. The lowest BCUT2D eigenvalue weighted by molar-refractivity contribution is -0.232. The Morgan fingerprint density at radius 3 is 2.34 bits per heavy atom. The molecule has 0 bridgehead atoms. The molecule has 38 heavy (non-hydrogen) atoms. The summed E-state index contributed by atoms with van der Waals surface area (Å²) in [5.74, 6) is -7.05. The molecular weight excluding hydrogens is 505 g/mol. The summed E-state index contributed by atoms with van der Waals surface area (Å²) in [6, 6.07) is 0. The van der Waals surface area contributed by atoms with Crippen LogP contribution in [0.3, 0.4) is 0 Å². The molecule has 3 saturated carbocycles. The van der Waals surface area contributed by atoms with Crippen molar-refractivity contribution in [3.63, 3.8) is 0 Å². The van der Waals surface area contributed by atoms with Crippen molar-refractivity contribution in [3.8, 4) is 0 Å². The number of Topliss-reactive ketones (excluding diaryl/α,β-unsaturated/α-hetero) is 1. The SMILES string of the molecule is CCC(=O)OCC(=O)[C@@]1(OC(=O)CC)[C@@H](C)C[C@H]2[C@@H]3C[C@H](F)C4=C(F)C(=O)C=C[C@]4(C)[C@@]3(F)[C@@H](O)C[C@@]21C. The summed E-state index contributed by atoms with van der Waals surface area (Å²) in [5.41, 5.74) is -8.33. The van der Waals surface area contributed by atoms with Crippen molar-refractivity contribution >= 4 is 23.5 Å². The Bertz CT molecular complexity index is 1130. The maximum absolute atomic E-state index is 17.4. The van der Waals surface area contributed by atoms with Crippen molar-refractivity contribution in [2.75, 3.05) is 6.61 Å². The highest BCUT2D eigenvalue weighted by Crippen LogP contribution is 2.72. The first-order chi connectivity index (χ1) is 17.6. The molecule has 0 radical (unpaired) electrons. The molecule has 0 aromatic carbocycles. The fourth-order valence-corrected chi connectivity index (χ4v) is 8.09. The van der Waals surface area contributed by atoms with E-state index < -0.39 is 100 Å².